The number of thiophene rings is 1. The quantitative estimate of drug-likeness (QED) is 0.513. The Labute approximate surface area is 139 Å². The Morgan fingerprint density at radius 1 is 1.08 bits per heavy atom. The minimum absolute atomic E-state index is 0.435. The molecule has 4 heterocycles. The highest BCUT2D eigenvalue weighted by molar-refractivity contribution is 7.17. The third-order valence-corrected chi connectivity index (χ3v) is 4.88. The molecule has 0 saturated carbocycles. The summed E-state index contributed by atoms with van der Waals surface area (Å²) < 4.78 is 2.78. The second-order valence-electron chi connectivity index (χ2n) is 5.23. The first-order valence-corrected chi connectivity index (χ1v) is 8.03. The Balaban J connectivity index is 1.77. The molecule has 4 aromatic heterocycles. The molecule has 0 atom stereocenters. The number of nitrogens with zero attached hydrogens (tertiary/aromatic N) is 6. The predicted molar refractivity (Wildman–Crippen MR) is 91.4 cm³/mol. The van der Waals surface area contributed by atoms with Gasteiger partial charge in [0.1, 0.15) is 5.82 Å². The number of hydrogen-bond donors (Lipinski definition) is 2. The summed E-state index contributed by atoms with van der Waals surface area (Å²) in [7, 11) is 0. The highest BCUT2D eigenvalue weighted by atomic mass is 32.1. The summed E-state index contributed by atoms with van der Waals surface area (Å²) in [6.07, 6.45) is 3.41. The standard InChI is InChI=1S/C15H10N8S/c16-13-10(9-3-1-2-8-4-5-24-12(8)9)6-17-15-11(7-18-23(13)15)14-19-21-22-20-14/h1-7H,16H2,(H,19,20,21,22). The number of nitrogen functional groups attached to an aromatic ring is 1. The van der Waals surface area contributed by atoms with Crippen LogP contribution in [0.2, 0.25) is 0 Å². The number of hydrogen-bond acceptors (Lipinski definition) is 7. The van der Waals surface area contributed by atoms with Gasteiger partial charge in [-0.15, -0.1) is 21.5 Å². The van der Waals surface area contributed by atoms with Gasteiger partial charge in [-0.1, -0.05) is 18.2 Å². The number of benzene rings is 1. The number of aromatic amines is 1. The van der Waals surface area contributed by atoms with E-state index in [0.29, 0.717) is 22.9 Å². The molecule has 0 radical (unpaired) electrons. The van der Waals surface area contributed by atoms with Crippen LogP contribution in [-0.4, -0.2) is 35.2 Å². The van der Waals surface area contributed by atoms with Crippen molar-refractivity contribution in [3.63, 3.8) is 0 Å². The number of nitrogens with two attached hydrogens (primary N) is 1. The molecule has 0 aliphatic carbocycles. The van der Waals surface area contributed by atoms with Crippen LogP contribution in [0.1, 0.15) is 0 Å². The number of rotatable bonds is 2. The van der Waals surface area contributed by atoms with E-state index < -0.39 is 0 Å². The summed E-state index contributed by atoms with van der Waals surface area (Å²) in [5.74, 6) is 0.959. The first-order chi connectivity index (χ1) is 11.8. The minimum Gasteiger partial charge on any atom is -0.383 e. The van der Waals surface area contributed by atoms with Gasteiger partial charge in [0.15, 0.2) is 5.65 Å². The van der Waals surface area contributed by atoms with E-state index in [1.807, 2.05) is 12.1 Å². The zero-order valence-electron chi connectivity index (χ0n) is 12.2. The monoisotopic (exact) mass is 334 g/mol. The fourth-order valence-corrected chi connectivity index (χ4v) is 3.72. The zero-order valence-corrected chi connectivity index (χ0v) is 13.0. The smallest absolute Gasteiger partial charge is 0.210 e. The number of aromatic nitrogens is 7. The van der Waals surface area contributed by atoms with E-state index >= 15 is 0 Å². The van der Waals surface area contributed by atoms with Gasteiger partial charge in [-0.05, 0) is 22.0 Å². The van der Waals surface area contributed by atoms with Crippen molar-refractivity contribution in [2.75, 3.05) is 5.73 Å². The summed E-state index contributed by atoms with van der Waals surface area (Å²) in [6.45, 7) is 0. The van der Waals surface area contributed by atoms with E-state index in [1.165, 1.54) is 10.1 Å². The molecule has 8 nitrogen and oxygen atoms in total. The van der Waals surface area contributed by atoms with Gasteiger partial charge < -0.3 is 5.73 Å². The largest absolute Gasteiger partial charge is 0.383 e. The van der Waals surface area contributed by atoms with Gasteiger partial charge in [-0.2, -0.15) is 14.8 Å². The van der Waals surface area contributed by atoms with Crippen LogP contribution in [-0.2, 0) is 0 Å². The lowest BCUT2D eigenvalue weighted by atomic mass is 10.1. The lowest BCUT2D eigenvalue weighted by Crippen LogP contribution is -2.03. The molecule has 0 unspecified atom stereocenters. The van der Waals surface area contributed by atoms with E-state index in [2.05, 4.69) is 48.2 Å². The molecule has 116 valence electrons. The molecular weight excluding hydrogens is 324 g/mol. The number of H-pyrrole nitrogens is 1. The van der Waals surface area contributed by atoms with E-state index in [0.717, 1.165) is 11.1 Å². The minimum atomic E-state index is 0.435. The fourth-order valence-electron chi connectivity index (χ4n) is 2.79. The molecule has 0 bridgehead atoms. The lowest BCUT2D eigenvalue weighted by Gasteiger charge is -2.08. The van der Waals surface area contributed by atoms with Crippen LogP contribution in [0.25, 0.3) is 38.2 Å². The van der Waals surface area contributed by atoms with Crippen LogP contribution in [0.4, 0.5) is 5.82 Å². The van der Waals surface area contributed by atoms with Crippen LogP contribution in [0.5, 0.6) is 0 Å². The molecule has 0 spiro atoms. The predicted octanol–water partition coefficient (Wildman–Crippen LogP) is 2.37. The average molecular weight is 334 g/mol. The lowest BCUT2D eigenvalue weighted by molar-refractivity contribution is 0.881. The van der Waals surface area contributed by atoms with Crippen LogP contribution >= 0.6 is 11.3 Å². The van der Waals surface area contributed by atoms with Crippen molar-refractivity contribution in [1.82, 2.24) is 35.2 Å². The summed E-state index contributed by atoms with van der Waals surface area (Å²) >= 11 is 1.68. The molecule has 0 fully saturated rings. The van der Waals surface area contributed by atoms with Crippen LogP contribution in [0.15, 0.2) is 42.0 Å². The van der Waals surface area contributed by atoms with Crippen molar-refractivity contribution in [2.45, 2.75) is 0 Å². The Bertz CT molecular complexity index is 1170. The van der Waals surface area contributed by atoms with Gasteiger partial charge in [-0.3, -0.25) is 0 Å². The third kappa shape index (κ3) is 1.75. The van der Waals surface area contributed by atoms with E-state index in [4.69, 9.17) is 5.73 Å². The van der Waals surface area contributed by atoms with Crippen molar-refractivity contribution in [2.24, 2.45) is 0 Å². The number of tetrazole rings is 1. The maximum Gasteiger partial charge on any atom is 0.210 e. The average Bonchev–Trinajstić information content (AvgIpc) is 3.34. The summed E-state index contributed by atoms with van der Waals surface area (Å²) in [6, 6.07) is 8.23. The third-order valence-electron chi connectivity index (χ3n) is 3.92. The molecule has 3 N–H and O–H groups in total. The summed E-state index contributed by atoms with van der Waals surface area (Å²) in [4.78, 5) is 4.53. The molecule has 9 heteroatoms. The normalized spacial score (nSPS) is 11.5. The first kappa shape index (κ1) is 13.1. The van der Waals surface area contributed by atoms with Crippen molar-refractivity contribution in [1.29, 1.82) is 0 Å². The molecule has 0 amide bonds. The Kier molecular flexibility index (Phi) is 2.65. The molecule has 0 saturated heterocycles. The number of anilines is 1. The second-order valence-corrected chi connectivity index (χ2v) is 6.15. The van der Waals surface area contributed by atoms with Crippen molar-refractivity contribution < 1.29 is 0 Å². The summed E-state index contributed by atoms with van der Waals surface area (Å²) in [5, 5.41) is 21.5. The molecule has 5 aromatic rings. The van der Waals surface area contributed by atoms with Crippen LogP contribution in [0, 0.1) is 0 Å². The van der Waals surface area contributed by atoms with Crippen molar-refractivity contribution in [3.8, 4) is 22.5 Å². The van der Waals surface area contributed by atoms with Gasteiger partial charge in [-0.25, -0.2) is 4.98 Å². The maximum absolute atomic E-state index is 6.38. The Morgan fingerprint density at radius 2 is 2.04 bits per heavy atom. The SMILES string of the molecule is Nc1c(-c2cccc3ccsc23)cnc2c(-c3nn[nH]n3)cnn12. The topological polar surface area (TPSA) is 111 Å². The Hall–Kier alpha value is -3.33. The van der Waals surface area contributed by atoms with Gasteiger partial charge in [0.25, 0.3) is 0 Å². The zero-order chi connectivity index (χ0) is 16.1. The molecule has 24 heavy (non-hydrogen) atoms. The van der Waals surface area contributed by atoms with E-state index in [9.17, 15) is 0 Å². The number of nitrogens with one attached hydrogen (secondary N) is 1. The maximum atomic E-state index is 6.38. The molecule has 5 rings (SSSR count). The van der Waals surface area contributed by atoms with E-state index in [1.54, 1.807) is 28.2 Å². The Morgan fingerprint density at radius 3 is 2.92 bits per heavy atom. The van der Waals surface area contributed by atoms with E-state index in [-0.39, 0.29) is 0 Å². The first-order valence-electron chi connectivity index (χ1n) is 7.15. The van der Waals surface area contributed by atoms with Crippen molar-refractivity contribution in [3.05, 3.63) is 42.0 Å². The number of fused-ring (bicyclic) bond motifs is 2. The summed E-state index contributed by atoms with van der Waals surface area (Å²) in [5.41, 5.74) is 9.54. The molecule has 0 aliphatic heterocycles. The van der Waals surface area contributed by atoms with Crippen molar-refractivity contribution >= 4 is 32.9 Å². The van der Waals surface area contributed by atoms with Crippen LogP contribution < -0.4 is 5.73 Å². The van der Waals surface area contributed by atoms with Gasteiger partial charge in [0.2, 0.25) is 5.82 Å². The van der Waals surface area contributed by atoms with Gasteiger partial charge in [0, 0.05) is 22.0 Å². The van der Waals surface area contributed by atoms with Gasteiger partial charge in [0.05, 0.1) is 11.8 Å². The highest BCUT2D eigenvalue weighted by Crippen LogP contribution is 2.35. The second kappa shape index (κ2) is 4.83. The fraction of sp³-hybridized carbons (Fsp3) is 0. The molecular formula is C15H10N8S. The molecule has 1 aromatic carbocycles. The highest BCUT2D eigenvalue weighted by Gasteiger charge is 2.17. The van der Waals surface area contributed by atoms with Crippen LogP contribution in [0.3, 0.4) is 0 Å². The van der Waals surface area contributed by atoms with Gasteiger partial charge >= 0.3 is 0 Å². The molecule has 0 aliphatic rings.